The van der Waals surface area contributed by atoms with Gasteiger partial charge < -0.3 is 15.3 Å². The smallest absolute Gasteiger partial charge is 0.322 e. The monoisotopic (exact) mass is 325 g/mol. The molecule has 0 saturated heterocycles. The first-order valence-electron chi connectivity index (χ1n) is 8.37. The molecule has 1 aromatic carbocycles. The molecule has 3 rings (SSSR count). The number of nitrogens with zero attached hydrogens (tertiary/aromatic N) is 2. The van der Waals surface area contributed by atoms with E-state index in [4.69, 9.17) is 0 Å². The highest BCUT2D eigenvalue weighted by molar-refractivity contribution is 5.90. The Hall–Kier alpha value is -2.40. The van der Waals surface area contributed by atoms with E-state index >= 15 is 0 Å². The Kier molecular flexibility index (Phi) is 5.11. The Balaban J connectivity index is 1.82. The SMILES string of the molecule is Cc1cnccc1NC(=O)N(CCCO)C1CCc2ccccc21. The van der Waals surface area contributed by atoms with Gasteiger partial charge in [0, 0.05) is 31.2 Å². The fraction of sp³-hybridized carbons (Fsp3) is 0.368. The number of aliphatic hydroxyl groups excluding tert-OH is 1. The standard InChI is InChI=1S/C19H23N3O2/c1-14-13-20-10-9-17(14)21-19(24)22(11-4-12-23)18-8-7-15-5-2-3-6-16(15)18/h2-3,5-6,9-10,13,18,23H,4,7-8,11-12H2,1H3,(H,20,21,24). The summed E-state index contributed by atoms with van der Waals surface area (Å²) in [4.78, 5) is 18.8. The summed E-state index contributed by atoms with van der Waals surface area (Å²) < 4.78 is 0. The van der Waals surface area contributed by atoms with Gasteiger partial charge >= 0.3 is 6.03 Å². The summed E-state index contributed by atoms with van der Waals surface area (Å²) in [7, 11) is 0. The summed E-state index contributed by atoms with van der Waals surface area (Å²) in [5, 5.41) is 12.2. The van der Waals surface area contributed by atoms with Gasteiger partial charge in [-0.3, -0.25) is 4.98 Å². The third-order valence-corrected chi connectivity index (χ3v) is 4.56. The Labute approximate surface area is 142 Å². The number of pyridine rings is 1. The van der Waals surface area contributed by atoms with Crippen molar-refractivity contribution in [2.24, 2.45) is 0 Å². The van der Waals surface area contributed by atoms with Crippen LogP contribution in [0.5, 0.6) is 0 Å². The zero-order chi connectivity index (χ0) is 16.9. The van der Waals surface area contributed by atoms with Crippen molar-refractivity contribution < 1.29 is 9.90 Å². The average molecular weight is 325 g/mol. The molecule has 0 radical (unpaired) electrons. The zero-order valence-electron chi connectivity index (χ0n) is 13.9. The fourth-order valence-electron chi connectivity index (χ4n) is 3.30. The van der Waals surface area contributed by atoms with Gasteiger partial charge in [0.2, 0.25) is 0 Å². The highest BCUT2D eigenvalue weighted by atomic mass is 16.3. The molecule has 1 heterocycles. The predicted molar refractivity (Wildman–Crippen MR) is 93.9 cm³/mol. The van der Waals surface area contributed by atoms with Crippen molar-refractivity contribution in [3.8, 4) is 0 Å². The number of anilines is 1. The van der Waals surface area contributed by atoms with Crippen LogP contribution in [0.3, 0.4) is 0 Å². The lowest BCUT2D eigenvalue weighted by Gasteiger charge is -2.30. The van der Waals surface area contributed by atoms with E-state index < -0.39 is 0 Å². The third-order valence-electron chi connectivity index (χ3n) is 4.56. The number of aliphatic hydroxyl groups is 1. The van der Waals surface area contributed by atoms with Gasteiger partial charge in [-0.05, 0) is 48.9 Å². The maximum atomic E-state index is 12.9. The van der Waals surface area contributed by atoms with E-state index in [0.717, 1.165) is 24.1 Å². The summed E-state index contributed by atoms with van der Waals surface area (Å²) in [6.45, 7) is 2.53. The third kappa shape index (κ3) is 3.41. The van der Waals surface area contributed by atoms with E-state index in [1.54, 1.807) is 18.5 Å². The van der Waals surface area contributed by atoms with Gasteiger partial charge in [0.25, 0.3) is 0 Å². The highest BCUT2D eigenvalue weighted by Crippen LogP contribution is 2.36. The topological polar surface area (TPSA) is 65.5 Å². The zero-order valence-corrected chi connectivity index (χ0v) is 13.9. The quantitative estimate of drug-likeness (QED) is 0.886. The van der Waals surface area contributed by atoms with Crippen LogP contribution in [0.2, 0.25) is 0 Å². The summed E-state index contributed by atoms with van der Waals surface area (Å²) in [5.74, 6) is 0. The number of urea groups is 1. The first kappa shape index (κ1) is 16.5. The molecule has 1 unspecified atom stereocenters. The number of aryl methyl sites for hydroxylation is 2. The van der Waals surface area contributed by atoms with Crippen molar-refractivity contribution in [3.63, 3.8) is 0 Å². The van der Waals surface area contributed by atoms with Gasteiger partial charge in [0.1, 0.15) is 0 Å². The first-order chi connectivity index (χ1) is 11.7. The maximum absolute atomic E-state index is 12.9. The van der Waals surface area contributed by atoms with Crippen LogP contribution >= 0.6 is 0 Å². The maximum Gasteiger partial charge on any atom is 0.322 e. The predicted octanol–water partition coefficient (Wildman–Crippen LogP) is 3.29. The van der Waals surface area contributed by atoms with Crippen molar-refractivity contribution in [3.05, 3.63) is 59.4 Å². The number of hydrogen-bond donors (Lipinski definition) is 2. The van der Waals surface area contributed by atoms with Crippen LogP contribution in [-0.2, 0) is 6.42 Å². The molecule has 5 heteroatoms. The largest absolute Gasteiger partial charge is 0.396 e. The molecule has 0 bridgehead atoms. The molecule has 24 heavy (non-hydrogen) atoms. The molecular weight excluding hydrogens is 302 g/mol. The fourth-order valence-corrected chi connectivity index (χ4v) is 3.30. The molecule has 1 atom stereocenters. The molecule has 2 N–H and O–H groups in total. The first-order valence-corrected chi connectivity index (χ1v) is 8.37. The van der Waals surface area contributed by atoms with Gasteiger partial charge in [0.05, 0.1) is 6.04 Å². The normalized spacial score (nSPS) is 15.8. The van der Waals surface area contributed by atoms with Crippen LogP contribution in [0.1, 0.15) is 35.6 Å². The second kappa shape index (κ2) is 7.45. The Morgan fingerprint density at radius 1 is 1.38 bits per heavy atom. The van der Waals surface area contributed by atoms with Crippen LogP contribution in [0.25, 0.3) is 0 Å². The van der Waals surface area contributed by atoms with Crippen molar-refractivity contribution in [2.75, 3.05) is 18.5 Å². The molecular formula is C19H23N3O2. The van der Waals surface area contributed by atoms with Gasteiger partial charge in [-0.25, -0.2) is 4.79 Å². The molecule has 2 aromatic rings. The summed E-state index contributed by atoms with van der Waals surface area (Å²) in [6.07, 6.45) is 5.89. The van der Waals surface area contributed by atoms with Gasteiger partial charge in [-0.15, -0.1) is 0 Å². The molecule has 0 spiro atoms. The number of rotatable bonds is 5. The summed E-state index contributed by atoms with van der Waals surface area (Å²) in [6, 6.07) is 10.0. The second-order valence-electron chi connectivity index (χ2n) is 6.14. The number of aromatic nitrogens is 1. The van der Waals surface area contributed by atoms with Crippen molar-refractivity contribution in [2.45, 2.75) is 32.2 Å². The lowest BCUT2D eigenvalue weighted by Crippen LogP contribution is -2.38. The Morgan fingerprint density at radius 2 is 2.21 bits per heavy atom. The second-order valence-corrected chi connectivity index (χ2v) is 6.14. The molecule has 0 aliphatic heterocycles. The number of amides is 2. The Bertz CT molecular complexity index is 717. The highest BCUT2D eigenvalue weighted by Gasteiger charge is 2.30. The van der Waals surface area contributed by atoms with Gasteiger partial charge in [0.15, 0.2) is 0 Å². The number of benzene rings is 1. The van der Waals surface area contributed by atoms with E-state index in [0.29, 0.717) is 13.0 Å². The number of carbonyl (C=O) groups is 1. The van der Waals surface area contributed by atoms with E-state index in [1.807, 2.05) is 24.0 Å². The summed E-state index contributed by atoms with van der Waals surface area (Å²) in [5.41, 5.74) is 4.23. The van der Waals surface area contributed by atoms with Crippen LogP contribution in [0, 0.1) is 6.92 Å². The minimum Gasteiger partial charge on any atom is -0.396 e. The van der Waals surface area contributed by atoms with E-state index in [-0.39, 0.29) is 18.7 Å². The van der Waals surface area contributed by atoms with Crippen LogP contribution in [-0.4, -0.2) is 34.2 Å². The molecule has 0 saturated carbocycles. The van der Waals surface area contributed by atoms with E-state index in [2.05, 4.69) is 22.4 Å². The molecule has 1 aliphatic carbocycles. The lowest BCUT2D eigenvalue weighted by molar-refractivity contribution is 0.177. The average Bonchev–Trinajstić information content (AvgIpc) is 3.01. The Morgan fingerprint density at radius 3 is 3.00 bits per heavy atom. The molecule has 0 fully saturated rings. The van der Waals surface area contributed by atoms with Crippen LogP contribution in [0.15, 0.2) is 42.7 Å². The van der Waals surface area contributed by atoms with Crippen LogP contribution < -0.4 is 5.32 Å². The van der Waals surface area contributed by atoms with Gasteiger partial charge in [-0.1, -0.05) is 24.3 Å². The van der Waals surface area contributed by atoms with Crippen molar-refractivity contribution in [1.82, 2.24) is 9.88 Å². The lowest BCUT2D eigenvalue weighted by atomic mass is 10.1. The van der Waals surface area contributed by atoms with Crippen molar-refractivity contribution in [1.29, 1.82) is 0 Å². The molecule has 1 aromatic heterocycles. The van der Waals surface area contributed by atoms with Crippen LogP contribution in [0.4, 0.5) is 10.5 Å². The van der Waals surface area contributed by atoms with Gasteiger partial charge in [-0.2, -0.15) is 0 Å². The number of fused-ring (bicyclic) bond motifs is 1. The number of hydrogen-bond acceptors (Lipinski definition) is 3. The number of carbonyl (C=O) groups excluding carboxylic acids is 1. The minimum atomic E-state index is -0.126. The van der Waals surface area contributed by atoms with E-state index in [9.17, 15) is 9.90 Å². The summed E-state index contributed by atoms with van der Waals surface area (Å²) >= 11 is 0. The minimum absolute atomic E-state index is 0.0647. The van der Waals surface area contributed by atoms with E-state index in [1.165, 1.54) is 11.1 Å². The molecule has 1 aliphatic rings. The molecule has 126 valence electrons. The molecule has 5 nitrogen and oxygen atoms in total. The van der Waals surface area contributed by atoms with Crippen molar-refractivity contribution >= 4 is 11.7 Å². The molecule has 2 amide bonds. The number of nitrogens with one attached hydrogen (secondary N) is 1.